The minimum Gasteiger partial charge on any atom is -0.254 e. The van der Waals surface area contributed by atoms with Crippen LogP contribution in [0.15, 0.2) is 23.0 Å². The second-order valence-corrected chi connectivity index (χ2v) is 4.44. The number of aromatic amines is 2. The predicted octanol–water partition coefficient (Wildman–Crippen LogP) is 0.811. The van der Waals surface area contributed by atoms with Crippen molar-refractivity contribution in [2.75, 3.05) is 11.5 Å². The van der Waals surface area contributed by atoms with E-state index in [0.29, 0.717) is 11.5 Å². The van der Waals surface area contributed by atoms with Gasteiger partial charge in [0, 0.05) is 0 Å². The summed E-state index contributed by atoms with van der Waals surface area (Å²) in [6, 6.07) is 0. The number of aromatic nitrogens is 6. The van der Waals surface area contributed by atoms with Gasteiger partial charge in [-0.25, -0.2) is 9.97 Å². The molecule has 0 fully saturated rings. The molecule has 0 radical (unpaired) electrons. The van der Waals surface area contributed by atoms with E-state index in [1.165, 1.54) is 36.2 Å². The van der Waals surface area contributed by atoms with Gasteiger partial charge in [0.15, 0.2) is 10.3 Å². The van der Waals surface area contributed by atoms with Crippen LogP contribution >= 0.6 is 23.5 Å². The van der Waals surface area contributed by atoms with Crippen LogP contribution < -0.4 is 0 Å². The SMILES string of the molecule is C(#CCSc1ncn[nH]1)CSc1ncn[nH]1. The fourth-order valence-corrected chi connectivity index (χ4v) is 1.94. The van der Waals surface area contributed by atoms with Crippen LogP contribution in [-0.2, 0) is 0 Å². The number of thioether (sulfide) groups is 2. The zero-order chi connectivity index (χ0) is 11.1. The fraction of sp³-hybridized carbons (Fsp3) is 0.250. The number of rotatable bonds is 4. The van der Waals surface area contributed by atoms with Gasteiger partial charge in [0.05, 0.1) is 11.5 Å². The molecule has 2 heterocycles. The van der Waals surface area contributed by atoms with E-state index < -0.39 is 0 Å². The molecule has 0 aliphatic heterocycles. The number of hydrogen-bond donors (Lipinski definition) is 2. The molecule has 0 unspecified atom stereocenters. The van der Waals surface area contributed by atoms with Gasteiger partial charge >= 0.3 is 0 Å². The Morgan fingerprint density at radius 1 is 0.938 bits per heavy atom. The second kappa shape index (κ2) is 6.19. The minimum atomic E-state index is 0.701. The summed E-state index contributed by atoms with van der Waals surface area (Å²) < 4.78 is 0. The van der Waals surface area contributed by atoms with Gasteiger partial charge in [0.1, 0.15) is 12.7 Å². The molecular weight excluding hydrogens is 244 g/mol. The Kier molecular flexibility index (Phi) is 4.27. The van der Waals surface area contributed by atoms with Crippen molar-refractivity contribution in [3.63, 3.8) is 0 Å². The van der Waals surface area contributed by atoms with Crippen molar-refractivity contribution in [1.82, 2.24) is 30.4 Å². The molecule has 6 nitrogen and oxygen atoms in total. The maximum absolute atomic E-state index is 3.97. The van der Waals surface area contributed by atoms with E-state index >= 15 is 0 Å². The molecule has 0 aliphatic carbocycles. The van der Waals surface area contributed by atoms with Gasteiger partial charge in [-0.1, -0.05) is 35.4 Å². The van der Waals surface area contributed by atoms with Crippen molar-refractivity contribution in [2.45, 2.75) is 10.3 Å². The highest BCUT2D eigenvalue weighted by atomic mass is 32.2. The molecule has 2 N–H and O–H groups in total. The summed E-state index contributed by atoms with van der Waals surface area (Å²) in [5.41, 5.74) is 0. The van der Waals surface area contributed by atoms with Crippen LogP contribution in [0.4, 0.5) is 0 Å². The van der Waals surface area contributed by atoms with E-state index in [-0.39, 0.29) is 0 Å². The first-order valence-electron chi connectivity index (χ1n) is 4.37. The highest BCUT2D eigenvalue weighted by Gasteiger charge is 1.93. The van der Waals surface area contributed by atoms with Crippen molar-refractivity contribution < 1.29 is 0 Å². The first-order chi connectivity index (χ1) is 7.95. The normalized spacial score (nSPS) is 9.75. The molecule has 2 aromatic heterocycles. The van der Waals surface area contributed by atoms with Gasteiger partial charge in [-0.05, 0) is 0 Å². The van der Waals surface area contributed by atoms with E-state index in [1.807, 2.05) is 0 Å². The van der Waals surface area contributed by atoms with Gasteiger partial charge in [0.25, 0.3) is 0 Å². The molecule has 82 valence electrons. The van der Waals surface area contributed by atoms with E-state index in [1.54, 1.807) is 0 Å². The standard InChI is InChI=1S/C8H8N6S2/c1(3-15-7-9-5-11-13-7)2-4-16-8-10-6-12-14-8/h5-6H,3-4H2,(H,9,11,13)(H,10,12,14). The van der Waals surface area contributed by atoms with Crippen LogP contribution in [-0.4, -0.2) is 41.9 Å². The molecule has 0 saturated heterocycles. The fourth-order valence-electron chi connectivity index (χ4n) is 0.839. The molecule has 2 aromatic rings. The lowest BCUT2D eigenvalue weighted by Gasteiger charge is -1.88. The van der Waals surface area contributed by atoms with E-state index in [4.69, 9.17) is 0 Å². The smallest absolute Gasteiger partial charge is 0.184 e. The maximum Gasteiger partial charge on any atom is 0.184 e. The molecular formula is C8H8N6S2. The van der Waals surface area contributed by atoms with Gasteiger partial charge in [-0.2, -0.15) is 10.2 Å². The summed E-state index contributed by atoms with van der Waals surface area (Å²) in [5, 5.41) is 14.6. The Bertz CT molecular complexity index is 412. The quantitative estimate of drug-likeness (QED) is 0.619. The predicted molar refractivity (Wildman–Crippen MR) is 62.0 cm³/mol. The lowest BCUT2D eigenvalue weighted by molar-refractivity contribution is 0.975. The second-order valence-electron chi connectivity index (χ2n) is 2.51. The average Bonchev–Trinajstić information content (AvgIpc) is 2.96. The third-order valence-electron chi connectivity index (χ3n) is 1.47. The van der Waals surface area contributed by atoms with Gasteiger partial charge in [-0.3, -0.25) is 10.2 Å². The number of hydrogen-bond acceptors (Lipinski definition) is 6. The molecule has 0 aliphatic rings. The Balaban J connectivity index is 1.63. The highest BCUT2D eigenvalue weighted by Crippen LogP contribution is 2.10. The third-order valence-corrected chi connectivity index (χ3v) is 2.99. The Hall–Kier alpha value is -1.46. The van der Waals surface area contributed by atoms with Crippen LogP contribution in [0.5, 0.6) is 0 Å². The van der Waals surface area contributed by atoms with Crippen LogP contribution in [0.3, 0.4) is 0 Å². The Morgan fingerprint density at radius 2 is 1.44 bits per heavy atom. The number of H-pyrrole nitrogens is 2. The molecule has 0 aromatic carbocycles. The van der Waals surface area contributed by atoms with Crippen molar-refractivity contribution >= 4 is 23.5 Å². The molecule has 0 atom stereocenters. The summed E-state index contributed by atoms with van der Waals surface area (Å²) in [6.07, 6.45) is 2.96. The summed E-state index contributed by atoms with van der Waals surface area (Å²) in [6.45, 7) is 0. The number of nitrogens with one attached hydrogen (secondary N) is 2. The Labute approximate surface area is 100 Å². The van der Waals surface area contributed by atoms with Crippen LogP contribution in [0.1, 0.15) is 0 Å². The average molecular weight is 252 g/mol. The van der Waals surface area contributed by atoms with Crippen LogP contribution in [0.2, 0.25) is 0 Å². The van der Waals surface area contributed by atoms with Crippen LogP contribution in [0, 0.1) is 11.8 Å². The third kappa shape index (κ3) is 3.60. The van der Waals surface area contributed by atoms with Crippen molar-refractivity contribution in [3.05, 3.63) is 12.7 Å². The summed E-state index contributed by atoms with van der Waals surface area (Å²) in [5.74, 6) is 7.46. The molecule has 0 bridgehead atoms. The van der Waals surface area contributed by atoms with E-state index in [2.05, 4.69) is 42.2 Å². The maximum atomic E-state index is 3.97. The summed E-state index contributed by atoms with van der Waals surface area (Å²) in [7, 11) is 0. The summed E-state index contributed by atoms with van der Waals surface area (Å²) in [4.78, 5) is 7.95. The zero-order valence-corrected chi connectivity index (χ0v) is 9.81. The van der Waals surface area contributed by atoms with E-state index in [0.717, 1.165) is 10.3 Å². The molecule has 8 heteroatoms. The van der Waals surface area contributed by atoms with Crippen molar-refractivity contribution in [3.8, 4) is 11.8 Å². The number of nitrogens with zero attached hydrogens (tertiary/aromatic N) is 4. The van der Waals surface area contributed by atoms with E-state index in [9.17, 15) is 0 Å². The Morgan fingerprint density at radius 3 is 1.81 bits per heavy atom. The highest BCUT2D eigenvalue weighted by molar-refractivity contribution is 7.99. The summed E-state index contributed by atoms with van der Waals surface area (Å²) >= 11 is 3.05. The van der Waals surface area contributed by atoms with Crippen LogP contribution in [0.25, 0.3) is 0 Å². The largest absolute Gasteiger partial charge is 0.254 e. The molecule has 2 rings (SSSR count). The van der Waals surface area contributed by atoms with Crippen molar-refractivity contribution in [2.24, 2.45) is 0 Å². The molecule has 16 heavy (non-hydrogen) atoms. The van der Waals surface area contributed by atoms with Gasteiger partial charge in [0.2, 0.25) is 0 Å². The lowest BCUT2D eigenvalue weighted by Crippen LogP contribution is -1.80. The van der Waals surface area contributed by atoms with Gasteiger partial charge < -0.3 is 0 Å². The first-order valence-corrected chi connectivity index (χ1v) is 6.34. The zero-order valence-electron chi connectivity index (χ0n) is 8.17. The molecule has 0 amide bonds. The first kappa shape index (κ1) is 11.0. The topological polar surface area (TPSA) is 83.1 Å². The lowest BCUT2D eigenvalue weighted by atomic mass is 10.7. The van der Waals surface area contributed by atoms with Gasteiger partial charge in [-0.15, -0.1) is 0 Å². The minimum absolute atomic E-state index is 0.701. The molecule has 0 spiro atoms. The monoisotopic (exact) mass is 252 g/mol. The molecule has 0 saturated carbocycles. The van der Waals surface area contributed by atoms with Crippen molar-refractivity contribution in [1.29, 1.82) is 0 Å².